The summed E-state index contributed by atoms with van der Waals surface area (Å²) in [6, 6.07) is 0. The topological polar surface area (TPSA) is 325 Å². The Labute approximate surface area is 681 Å². The first-order valence-electron chi connectivity index (χ1n) is 46.1. The molecule has 27 unspecified atom stereocenters. The average Bonchev–Trinajstić information content (AvgIpc) is 1.63. The van der Waals surface area contributed by atoms with Crippen LogP contribution in [0, 0.1) is 129 Å². The summed E-state index contributed by atoms with van der Waals surface area (Å²) in [6.07, 6.45) is 50.5. The summed E-state index contributed by atoms with van der Waals surface area (Å²) in [5.74, 6) is 11.3. The second-order valence-corrected chi connectivity index (χ2v) is 39.7. The third-order valence-corrected chi connectivity index (χ3v) is 33.0. The lowest BCUT2D eigenvalue weighted by Gasteiger charge is -2.38. The van der Waals surface area contributed by atoms with Crippen LogP contribution in [0.25, 0.3) is 0 Å². The van der Waals surface area contributed by atoms with Gasteiger partial charge in [-0.15, -0.1) is 0 Å². The molecule has 15 aliphatic carbocycles. The molecule has 31 aliphatic rings. The van der Waals surface area contributed by atoms with Crippen LogP contribution >= 0.6 is 0 Å². The highest BCUT2D eigenvalue weighted by molar-refractivity contribution is 5.81. The summed E-state index contributed by atoms with van der Waals surface area (Å²) in [5, 5.41) is 0. The fraction of sp³-hybridized carbons (Fsp3) is 0.868. The normalized spacial score (nSPS) is 44.5. The van der Waals surface area contributed by atoms with Gasteiger partial charge in [0.25, 0.3) is 0 Å². The van der Waals surface area contributed by atoms with E-state index in [1.807, 2.05) is 0 Å². The van der Waals surface area contributed by atoms with Crippen LogP contribution in [0.15, 0.2) is 0 Å². The molecule has 640 valence electrons. The van der Waals surface area contributed by atoms with E-state index in [2.05, 4.69) is 9.47 Å². The Morgan fingerprint density at radius 1 is 0.284 bits per heavy atom. The Morgan fingerprint density at radius 3 is 1.48 bits per heavy atom. The Balaban J connectivity index is 0.0000000913. The second kappa shape index (κ2) is 35.7. The quantitative estimate of drug-likeness (QED) is 0.161. The molecule has 20 bridgehead atoms. The molecule has 0 radical (unpaired) electrons. The zero-order valence-electron chi connectivity index (χ0n) is 68.0. The van der Waals surface area contributed by atoms with Crippen molar-refractivity contribution in [2.24, 2.45) is 129 Å². The third kappa shape index (κ3) is 17.6. The third-order valence-electron chi connectivity index (χ3n) is 33.0. The predicted molar refractivity (Wildman–Crippen MR) is 407 cm³/mol. The lowest BCUT2D eigenvalue weighted by molar-refractivity contribution is -0.170. The highest BCUT2D eigenvalue weighted by atomic mass is 16.6. The van der Waals surface area contributed by atoms with E-state index in [0.29, 0.717) is 135 Å². The number of ether oxygens (including phenoxy) is 13. The van der Waals surface area contributed by atoms with Gasteiger partial charge < -0.3 is 61.6 Å². The molecular formula is C91H126O25. The number of cyclic esters (lactones) is 6. The van der Waals surface area contributed by atoms with Gasteiger partial charge in [0, 0.05) is 42.9 Å². The van der Waals surface area contributed by atoms with Crippen LogP contribution in [0.2, 0.25) is 0 Å². The van der Waals surface area contributed by atoms with Crippen LogP contribution in [-0.2, 0) is 119 Å². The van der Waals surface area contributed by atoms with Gasteiger partial charge in [0.1, 0.15) is 42.7 Å². The maximum Gasteiger partial charge on any atom is 0.312 e. The molecular weight excluding hydrogens is 1490 g/mol. The average molecular weight is 1620 g/mol. The molecule has 15 saturated carbocycles. The van der Waals surface area contributed by atoms with E-state index in [4.69, 9.17) is 52.1 Å². The largest absolute Gasteiger partial charge is 0.466 e. The maximum atomic E-state index is 11.6. The van der Waals surface area contributed by atoms with E-state index in [0.717, 1.165) is 184 Å². The number of fused-ring (bicyclic) bond motifs is 18. The minimum absolute atomic E-state index is 0.00289. The van der Waals surface area contributed by atoms with E-state index in [9.17, 15) is 57.5 Å². The standard InChI is InChI=1S/C10H14O2.2C9H12O2.C9H14O2.2C8H10O2.C8H12O2.C7H8O3.2C7H10O2.C5H8O2.C4H6O2/c11-9-10(3-4-12-9)6-7-1-2-8(10)5-7;10-9-8-6-2-1-5(3-6)7(8)4-11-9;10-9-7-3-5-1-2-6(7)8(4-5)11-9;10-8-9(6-7-11-8)4-2-1-3-5-9;9-8-6-2-5-1-4(6)3-7(5)10-8;9-8-6-2-4-1-5(6)7(3-4)10-8;9-8-7-4-2-1-3-6(7)5-10-8;8-7-4-1-3-2-5(10-7)6(4)9-3;8-7-5-1-3-6(9-7)4-2-5;8-7-5-2-1-3-6(4-5)9-7;6-5-3-1-2-4-7-5;5-4-2-1-3-6-4/h7-8H,1-6H2;2*5-8H,1-4H2;1-7H2;2*4-7H,1-3H2;6-7H,1-5H2;3-6H,1-2H2;2*5-6H,1-4H2;1-4H2;1-3H2. The lowest BCUT2D eigenvalue weighted by atomic mass is 9.65. The molecule has 31 fully saturated rings. The number of hydrogen-bond donors (Lipinski definition) is 0. The summed E-state index contributed by atoms with van der Waals surface area (Å²) < 4.78 is 65.6. The van der Waals surface area contributed by atoms with Gasteiger partial charge in [-0.25, -0.2) is 0 Å². The van der Waals surface area contributed by atoms with Crippen molar-refractivity contribution in [1.82, 2.24) is 0 Å². The first-order valence-corrected chi connectivity index (χ1v) is 46.1. The Hall–Kier alpha value is -6.40. The molecule has 2 spiro atoms. The summed E-state index contributed by atoms with van der Waals surface area (Å²) >= 11 is 0. The lowest BCUT2D eigenvalue weighted by Crippen LogP contribution is -2.39. The maximum absolute atomic E-state index is 11.6. The summed E-state index contributed by atoms with van der Waals surface area (Å²) in [4.78, 5) is 131. The van der Waals surface area contributed by atoms with Crippen molar-refractivity contribution in [2.45, 2.75) is 325 Å². The van der Waals surface area contributed by atoms with Crippen LogP contribution in [0.5, 0.6) is 0 Å². The van der Waals surface area contributed by atoms with Crippen LogP contribution in [0.4, 0.5) is 0 Å². The van der Waals surface area contributed by atoms with Crippen molar-refractivity contribution >= 4 is 71.6 Å². The predicted octanol–water partition coefficient (Wildman–Crippen LogP) is 12.8. The van der Waals surface area contributed by atoms with Gasteiger partial charge in [0.2, 0.25) is 0 Å². The number of carbonyl (C=O) groups excluding carboxylic acids is 12. The Morgan fingerprint density at radius 2 is 0.948 bits per heavy atom. The molecule has 116 heavy (non-hydrogen) atoms. The van der Waals surface area contributed by atoms with E-state index < -0.39 is 0 Å². The number of hydrogen-bond acceptors (Lipinski definition) is 25. The zero-order chi connectivity index (χ0) is 79.9. The highest BCUT2D eigenvalue weighted by Crippen LogP contribution is 2.61. The van der Waals surface area contributed by atoms with Crippen LogP contribution in [-0.4, -0.2) is 160 Å². The van der Waals surface area contributed by atoms with E-state index >= 15 is 0 Å². The molecule has 0 aromatic rings. The fourth-order valence-electron chi connectivity index (χ4n) is 26.8. The van der Waals surface area contributed by atoms with Crippen molar-refractivity contribution in [3.05, 3.63) is 0 Å². The van der Waals surface area contributed by atoms with Crippen molar-refractivity contribution in [1.29, 1.82) is 0 Å². The van der Waals surface area contributed by atoms with Crippen LogP contribution in [0.3, 0.4) is 0 Å². The van der Waals surface area contributed by atoms with Crippen LogP contribution < -0.4 is 0 Å². The Bertz CT molecular complexity index is 3520. The number of esters is 12. The molecule has 0 N–H and O–H groups in total. The van der Waals surface area contributed by atoms with Gasteiger partial charge in [-0.1, -0.05) is 38.5 Å². The van der Waals surface area contributed by atoms with Crippen molar-refractivity contribution in [3.63, 3.8) is 0 Å². The number of rotatable bonds is 0. The van der Waals surface area contributed by atoms with Crippen molar-refractivity contribution < 1.29 is 119 Å². The van der Waals surface area contributed by atoms with Gasteiger partial charge in [-0.2, -0.15) is 0 Å². The number of carbonyl (C=O) groups is 12. The molecule has 27 atom stereocenters. The molecule has 0 amide bonds. The summed E-state index contributed by atoms with van der Waals surface area (Å²) in [6.45, 7) is 4.05. The zero-order valence-corrected chi connectivity index (χ0v) is 68.0. The minimum atomic E-state index is -0.0463. The fourth-order valence-corrected chi connectivity index (χ4v) is 26.8. The molecule has 16 heterocycles. The second-order valence-electron chi connectivity index (χ2n) is 39.7. The minimum Gasteiger partial charge on any atom is -0.466 e. The van der Waals surface area contributed by atoms with Crippen LogP contribution in [0.1, 0.15) is 276 Å². The van der Waals surface area contributed by atoms with Gasteiger partial charge in [-0.05, 0) is 266 Å². The van der Waals surface area contributed by atoms with Crippen molar-refractivity contribution in [3.8, 4) is 0 Å². The first kappa shape index (κ1) is 81.9. The SMILES string of the molecule is O=C1CCCCO1.O=C1CCCO1.O=C1OC2CC3CC1C2C3.O=C1OC2CC3CC1C2O3.O=C1OC2CC3CC2CC13.O=C1OC2CC3CCC2C1C3.O=C1OC2CCC1CC2.O=C1OC2CCCC1C2.O=C1OCC2C3CCC(C3)C12.O=C1OCC2CCCCC12.O=C1OCCC12CC1CCC2C1.O=C1OCCC12CCCCC2. The molecule has 25 heteroatoms. The van der Waals surface area contributed by atoms with Gasteiger partial charge in [-0.3, -0.25) is 57.5 Å². The molecule has 31 rings (SSSR count). The van der Waals surface area contributed by atoms with Gasteiger partial charge in [0.15, 0.2) is 0 Å². The molecule has 0 aromatic heterocycles. The van der Waals surface area contributed by atoms with Gasteiger partial charge in [0.05, 0.1) is 104 Å². The van der Waals surface area contributed by atoms with E-state index in [1.165, 1.54) is 116 Å². The Kier molecular flexibility index (Phi) is 25.2. The first-order chi connectivity index (χ1) is 56.3. The van der Waals surface area contributed by atoms with E-state index in [1.54, 1.807) is 0 Å². The summed E-state index contributed by atoms with van der Waals surface area (Å²) in [5.41, 5.74) is -0.0266. The molecule has 16 aliphatic heterocycles. The molecule has 16 saturated heterocycles. The molecule has 25 nitrogen and oxygen atoms in total. The smallest absolute Gasteiger partial charge is 0.312 e. The van der Waals surface area contributed by atoms with Gasteiger partial charge >= 0.3 is 71.6 Å². The monoisotopic (exact) mass is 1620 g/mol. The summed E-state index contributed by atoms with van der Waals surface area (Å²) in [7, 11) is 0. The highest BCUT2D eigenvalue weighted by Gasteiger charge is 2.62. The van der Waals surface area contributed by atoms with Crippen molar-refractivity contribution in [2.75, 3.05) is 39.6 Å². The van der Waals surface area contributed by atoms with E-state index in [-0.39, 0.29) is 131 Å². The molecule has 0 aromatic carbocycles.